The highest BCUT2D eigenvalue weighted by Crippen LogP contribution is 2.24. The predicted molar refractivity (Wildman–Crippen MR) is 81.0 cm³/mol. The molecule has 3 rings (SSSR count). The molecule has 2 N–H and O–H groups in total. The Morgan fingerprint density at radius 3 is 2.57 bits per heavy atom. The van der Waals surface area contributed by atoms with Gasteiger partial charge in [0.2, 0.25) is 0 Å². The molecule has 106 valence electrons. The second-order valence-corrected chi connectivity index (χ2v) is 5.01. The Balaban J connectivity index is 1.91. The summed E-state index contributed by atoms with van der Waals surface area (Å²) in [6.45, 7) is 0.151. The number of fused-ring (bicyclic) bond motifs is 1. The Morgan fingerprint density at radius 1 is 1.14 bits per heavy atom. The van der Waals surface area contributed by atoms with E-state index < -0.39 is 5.97 Å². The molecular weight excluding hydrogens is 290 g/mol. The number of hydrogen-bond acceptors (Lipinski definition) is 2. The molecule has 0 radical (unpaired) electrons. The van der Waals surface area contributed by atoms with Gasteiger partial charge in [-0.05, 0) is 30.3 Å². The molecule has 1 heterocycles. The molecule has 0 saturated carbocycles. The standard InChI is InChI=1S/C16H12ClNO3/c17-10-5-7-11(8-6-10)21-9-14-15(16(19)20)12-3-1-2-4-13(12)18-14/h1-8,18H,9H2,(H,19,20). The van der Waals surface area contributed by atoms with E-state index in [4.69, 9.17) is 16.3 Å². The number of aromatic nitrogens is 1. The predicted octanol–water partition coefficient (Wildman–Crippen LogP) is 4.10. The molecule has 0 saturated heterocycles. The Bertz CT molecular complexity index is 793. The van der Waals surface area contributed by atoms with Crippen LogP contribution in [0.4, 0.5) is 0 Å². The summed E-state index contributed by atoms with van der Waals surface area (Å²) < 4.78 is 5.61. The van der Waals surface area contributed by atoms with E-state index in [1.54, 1.807) is 30.3 Å². The van der Waals surface area contributed by atoms with Gasteiger partial charge in [-0.3, -0.25) is 0 Å². The number of aromatic carboxylic acids is 1. The molecule has 0 aliphatic heterocycles. The monoisotopic (exact) mass is 301 g/mol. The van der Waals surface area contributed by atoms with Gasteiger partial charge in [0.05, 0.1) is 11.3 Å². The normalized spacial score (nSPS) is 10.7. The summed E-state index contributed by atoms with van der Waals surface area (Å²) in [5.74, 6) is -0.337. The van der Waals surface area contributed by atoms with Gasteiger partial charge in [-0.1, -0.05) is 29.8 Å². The molecule has 0 atom stereocenters. The van der Waals surface area contributed by atoms with Gasteiger partial charge < -0.3 is 14.8 Å². The zero-order chi connectivity index (χ0) is 14.8. The van der Waals surface area contributed by atoms with Gasteiger partial charge in [-0.2, -0.15) is 0 Å². The number of benzene rings is 2. The van der Waals surface area contributed by atoms with Gasteiger partial charge in [0, 0.05) is 15.9 Å². The Labute approximate surface area is 125 Å². The Kier molecular flexibility index (Phi) is 3.54. The number of carbonyl (C=O) groups is 1. The third kappa shape index (κ3) is 2.71. The maximum Gasteiger partial charge on any atom is 0.338 e. The summed E-state index contributed by atoms with van der Waals surface area (Å²) in [4.78, 5) is 14.6. The van der Waals surface area contributed by atoms with Gasteiger partial charge in [0.25, 0.3) is 0 Å². The van der Waals surface area contributed by atoms with Crippen LogP contribution in [0.25, 0.3) is 10.9 Å². The summed E-state index contributed by atoms with van der Waals surface area (Å²) in [5.41, 5.74) is 1.57. The first kappa shape index (κ1) is 13.5. The maximum absolute atomic E-state index is 11.5. The van der Waals surface area contributed by atoms with E-state index >= 15 is 0 Å². The summed E-state index contributed by atoms with van der Waals surface area (Å²) in [7, 11) is 0. The number of H-pyrrole nitrogens is 1. The zero-order valence-electron chi connectivity index (χ0n) is 11.0. The van der Waals surface area contributed by atoms with Crippen molar-refractivity contribution in [2.24, 2.45) is 0 Å². The van der Waals surface area contributed by atoms with Crippen LogP contribution in [-0.2, 0) is 6.61 Å². The lowest BCUT2D eigenvalue weighted by molar-refractivity contribution is 0.0696. The molecule has 0 amide bonds. The van der Waals surface area contributed by atoms with E-state index in [-0.39, 0.29) is 12.2 Å². The van der Waals surface area contributed by atoms with Crippen LogP contribution in [0.2, 0.25) is 5.02 Å². The smallest absolute Gasteiger partial charge is 0.338 e. The van der Waals surface area contributed by atoms with Gasteiger partial charge in [0.15, 0.2) is 0 Å². The number of hydrogen-bond donors (Lipinski definition) is 2. The lowest BCUT2D eigenvalue weighted by Gasteiger charge is -2.06. The van der Waals surface area contributed by atoms with Crippen molar-refractivity contribution >= 4 is 28.5 Å². The van der Waals surface area contributed by atoms with Crippen LogP contribution in [0.5, 0.6) is 5.75 Å². The highest BCUT2D eigenvalue weighted by atomic mass is 35.5. The van der Waals surface area contributed by atoms with E-state index in [1.165, 1.54) is 0 Å². The lowest BCUT2D eigenvalue weighted by atomic mass is 10.1. The highest BCUT2D eigenvalue weighted by Gasteiger charge is 2.17. The second kappa shape index (κ2) is 5.50. The van der Waals surface area contributed by atoms with Crippen molar-refractivity contribution in [3.8, 4) is 5.75 Å². The molecule has 21 heavy (non-hydrogen) atoms. The molecule has 0 aliphatic rings. The van der Waals surface area contributed by atoms with Crippen LogP contribution in [0, 0.1) is 0 Å². The van der Waals surface area contributed by atoms with E-state index in [0.29, 0.717) is 21.9 Å². The van der Waals surface area contributed by atoms with Crippen LogP contribution >= 0.6 is 11.6 Å². The third-order valence-corrected chi connectivity index (χ3v) is 3.45. The number of rotatable bonds is 4. The van der Waals surface area contributed by atoms with Crippen LogP contribution in [0.3, 0.4) is 0 Å². The molecule has 0 fully saturated rings. The van der Waals surface area contributed by atoms with Gasteiger partial charge in [-0.15, -0.1) is 0 Å². The van der Waals surface area contributed by atoms with Crippen molar-refractivity contribution in [3.05, 3.63) is 64.8 Å². The molecule has 0 unspecified atom stereocenters. The minimum Gasteiger partial charge on any atom is -0.487 e. The average Bonchev–Trinajstić information content (AvgIpc) is 2.85. The van der Waals surface area contributed by atoms with Crippen LogP contribution < -0.4 is 4.74 Å². The van der Waals surface area contributed by atoms with E-state index in [2.05, 4.69) is 4.98 Å². The molecule has 2 aromatic carbocycles. The number of carboxylic acids is 1. The van der Waals surface area contributed by atoms with E-state index in [1.807, 2.05) is 18.2 Å². The van der Waals surface area contributed by atoms with Gasteiger partial charge >= 0.3 is 5.97 Å². The van der Waals surface area contributed by atoms with Gasteiger partial charge in [0.1, 0.15) is 12.4 Å². The number of nitrogens with one attached hydrogen (secondary N) is 1. The Morgan fingerprint density at radius 2 is 1.86 bits per heavy atom. The first-order valence-corrected chi connectivity index (χ1v) is 6.74. The average molecular weight is 302 g/mol. The summed E-state index contributed by atoms with van der Waals surface area (Å²) in [6, 6.07) is 14.2. The molecule has 1 aromatic heterocycles. The lowest BCUT2D eigenvalue weighted by Crippen LogP contribution is -2.04. The maximum atomic E-state index is 11.5. The minimum absolute atomic E-state index is 0.151. The molecule has 4 nitrogen and oxygen atoms in total. The van der Waals surface area contributed by atoms with Crippen molar-refractivity contribution in [2.75, 3.05) is 0 Å². The van der Waals surface area contributed by atoms with Crippen molar-refractivity contribution < 1.29 is 14.6 Å². The SMILES string of the molecule is O=C(O)c1c(COc2ccc(Cl)cc2)[nH]c2ccccc12. The fraction of sp³-hybridized carbons (Fsp3) is 0.0625. The van der Waals surface area contributed by atoms with Crippen LogP contribution in [-0.4, -0.2) is 16.1 Å². The molecule has 0 aliphatic carbocycles. The summed E-state index contributed by atoms with van der Waals surface area (Å²) >= 11 is 5.81. The van der Waals surface area contributed by atoms with Gasteiger partial charge in [-0.25, -0.2) is 4.79 Å². The van der Waals surface area contributed by atoms with Crippen LogP contribution in [0.1, 0.15) is 16.1 Å². The minimum atomic E-state index is -0.970. The molecular formula is C16H12ClNO3. The number of halogens is 1. The topological polar surface area (TPSA) is 62.3 Å². The van der Waals surface area contributed by atoms with Crippen molar-refractivity contribution in [2.45, 2.75) is 6.61 Å². The van der Waals surface area contributed by atoms with Crippen molar-refractivity contribution in [1.29, 1.82) is 0 Å². The quantitative estimate of drug-likeness (QED) is 0.762. The zero-order valence-corrected chi connectivity index (χ0v) is 11.7. The van der Waals surface area contributed by atoms with E-state index in [0.717, 1.165) is 5.52 Å². The largest absolute Gasteiger partial charge is 0.487 e. The molecule has 0 bridgehead atoms. The first-order valence-electron chi connectivity index (χ1n) is 6.36. The second-order valence-electron chi connectivity index (χ2n) is 4.57. The van der Waals surface area contributed by atoms with Crippen LogP contribution in [0.15, 0.2) is 48.5 Å². The number of aromatic amines is 1. The summed E-state index contributed by atoms with van der Waals surface area (Å²) in [6.07, 6.45) is 0. The fourth-order valence-electron chi connectivity index (χ4n) is 2.24. The molecule has 5 heteroatoms. The number of ether oxygens (including phenoxy) is 1. The molecule has 3 aromatic rings. The number of carboxylic acid groups (broad SMARTS) is 1. The summed E-state index contributed by atoms with van der Waals surface area (Å²) in [5, 5.41) is 10.7. The van der Waals surface area contributed by atoms with Crippen molar-refractivity contribution in [3.63, 3.8) is 0 Å². The third-order valence-electron chi connectivity index (χ3n) is 3.19. The number of para-hydroxylation sites is 1. The molecule has 0 spiro atoms. The Hall–Kier alpha value is -2.46. The fourth-order valence-corrected chi connectivity index (χ4v) is 2.36. The first-order chi connectivity index (χ1) is 10.1. The highest BCUT2D eigenvalue weighted by molar-refractivity contribution is 6.30. The van der Waals surface area contributed by atoms with E-state index in [9.17, 15) is 9.90 Å². The van der Waals surface area contributed by atoms with Crippen molar-refractivity contribution in [1.82, 2.24) is 4.98 Å².